The van der Waals surface area contributed by atoms with Crippen LogP contribution in [0.3, 0.4) is 0 Å². The number of carbonyl (C=O) groups excluding carboxylic acids is 3. The summed E-state index contributed by atoms with van der Waals surface area (Å²) in [6, 6.07) is 7.27. The zero-order valence-electron chi connectivity index (χ0n) is 14.3. The van der Waals surface area contributed by atoms with Crippen molar-refractivity contribution < 1.29 is 14.4 Å². The molecule has 3 rings (SSSR count). The van der Waals surface area contributed by atoms with Gasteiger partial charge in [-0.3, -0.25) is 19.3 Å². The molecule has 2 saturated heterocycles. The first-order valence-electron chi connectivity index (χ1n) is 8.65. The highest BCUT2D eigenvalue weighted by molar-refractivity contribution is 6.01. The molecule has 1 aromatic carbocycles. The van der Waals surface area contributed by atoms with Gasteiger partial charge in [-0.05, 0) is 36.0 Å². The van der Waals surface area contributed by atoms with Crippen LogP contribution < -0.4 is 0 Å². The Balaban J connectivity index is 1.66. The third kappa shape index (κ3) is 3.50. The minimum atomic E-state index is -0.114. The van der Waals surface area contributed by atoms with Gasteiger partial charge in [0.05, 0.1) is 6.54 Å². The summed E-state index contributed by atoms with van der Waals surface area (Å²) < 4.78 is 0. The lowest BCUT2D eigenvalue weighted by atomic mass is 9.91. The van der Waals surface area contributed by atoms with E-state index in [9.17, 15) is 14.4 Å². The van der Waals surface area contributed by atoms with Crippen molar-refractivity contribution >= 4 is 17.7 Å². The number of nitrogens with zero attached hydrogens (tertiary/aromatic N) is 2. The molecule has 0 saturated carbocycles. The van der Waals surface area contributed by atoms with Crippen LogP contribution in [0.5, 0.6) is 0 Å². The Morgan fingerprint density at radius 3 is 2.08 bits per heavy atom. The molecule has 0 N–H and O–H groups in total. The molecular weight excluding hydrogens is 304 g/mol. The van der Waals surface area contributed by atoms with Gasteiger partial charge in [-0.2, -0.15) is 0 Å². The number of rotatable bonds is 3. The lowest BCUT2D eigenvalue weighted by molar-refractivity contribution is -0.139. The van der Waals surface area contributed by atoms with Crippen molar-refractivity contribution in [1.29, 1.82) is 0 Å². The van der Waals surface area contributed by atoms with Crippen molar-refractivity contribution in [3.63, 3.8) is 0 Å². The molecule has 5 heteroatoms. The summed E-state index contributed by atoms with van der Waals surface area (Å²) in [5.41, 5.74) is 1.54. The zero-order chi connectivity index (χ0) is 17.3. The molecule has 2 aliphatic rings. The second-order valence-electron chi connectivity index (χ2n) is 7.23. The van der Waals surface area contributed by atoms with Gasteiger partial charge >= 0.3 is 0 Å². The summed E-state index contributed by atoms with van der Waals surface area (Å²) in [6.45, 7) is 6.28. The normalized spacial score (nSPS) is 24.6. The first-order valence-corrected chi connectivity index (χ1v) is 8.65. The minimum Gasteiger partial charge on any atom is -0.338 e. The number of piperidine rings is 1. The molecule has 2 atom stereocenters. The fraction of sp³-hybridized carbons (Fsp3) is 0.526. The summed E-state index contributed by atoms with van der Waals surface area (Å²) >= 11 is 0. The molecule has 128 valence electrons. The van der Waals surface area contributed by atoms with Crippen LogP contribution in [0, 0.1) is 11.8 Å². The highest BCUT2D eigenvalue weighted by Crippen LogP contribution is 2.23. The van der Waals surface area contributed by atoms with E-state index in [1.165, 1.54) is 11.3 Å². The molecule has 0 aromatic heterocycles. The van der Waals surface area contributed by atoms with E-state index in [1.807, 2.05) is 17.0 Å². The Bertz CT molecular complexity index is 627. The molecule has 0 spiro atoms. The topological polar surface area (TPSA) is 57.7 Å². The van der Waals surface area contributed by atoms with Gasteiger partial charge in [0.15, 0.2) is 0 Å². The monoisotopic (exact) mass is 328 g/mol. The predicted octanol–water partition coefficient (Wildman–Crippen LogP) is 2.45. The Hall–Kier alpha value is -2.17. The fourth-order valence-electron chi connectivity index (χ4n) is 3.75. The molecule has 2 aliphatic heterocycles. The first-order chi connectivity index (χ1) is 11.4. The second-order valence-corrected chi connectivity index (χ2v) is 7.23. The van der Waals surface area contributed by atoms with Crippen LogP contribution in [0.25, 0.3) is 0 Å². The first kappa shape index (κ1) is 16.7. The lowest BCUT2D eigenvalue weighted by Crippen LogP contribution is -2.42. The minimum absolute atomic E-state index is 0.0632. The molecule has 1 aromatic rings. The van der Waals surface area contributed by atoms with E-state index < -0.39 is 0 Å². The summed E-state index contributed by atoms with van der Waals surface area (Å²) in [4.78, 5) is 39.2. The average molecular weight is 328 g/mol. The van der Waals surface area contributed by atoms with Crippen LogP contribution in [0.15, 0.2) is 24.3 Å². The number of benzene rings is 1. The van der Waals surface area contributed by atoms with Gasteiger partial charge in [0.1, 0.15) is 0 Å². The maximum atomic E-state index is 12.7. The number of hydrogen-bond acceptors (Lipinski definition) is 3. The van der Waals surface area contributed by atoms with E-state index in [0.29, 0.717) is 36.8 Å². The van der Waals surface area contributed by atoms with Gasteiger partial charge in [-0.15, -0.1) is 0 Å². The molecule has 2 fully saturated rings. The van der Waals surface area contributed by atoms with Crippen LogP contribution in [0.1, 0.15) is 49.0 Å². The van der Waals surface area contributed by atoms with Crippen molar-refractivity contribution in [2.75, 3.05) is 13.1 Å². The standard InChI is InChI=1S/C19H24N2O3/c1-13-9-14(2)11-20(10-13)19(24)16-5-3-15(4-6-16)12-21-17(22)7-8-18(21)23/h3-6,13-14H,7-12H2,1-2H3. The molecular formula is C19H24N2O3. The van der Waals surface area contributed by atoms with Crippen molar-refractivity contribution in [1.82, 2.24) is 9.80 Å². The summed E-state index contributed by atoms with van der Waals surface area (Å²) in [7, 11) is 0. The number of carbonyl (C=O) groups is 3. The van der Waals surface area contributed by atoms with E-state index >= 15 is 0 Å². The van der Waals surface area contributed by atoms with Crippen LogP contribution >= 0.6 is 0 Å². The molecule has 2 unspecified atom stereocenters. The predicted molar refractivity (Wildman–Crippen MR) is 90.1 cm³/mol. The smallest absolute Gasteiger partial charge is 0.253 e. The fourth-order valence-corrected chi connectivity index (χ4v) is 3.75. The van der Waals surface area contributed by atoms with Gasteiger partial charge < -0.3 is 4.90 Å². The third-order valence-electron chi connectivity index (χ3n) is 4.85. The van der Waals surface area contributed by atoms with Crippen molar-refractivity contribution in [3.8, 4) is 0 Å². The Morgan fingerprint density at radius 2 is 1.54 bits per heavy atom. The van der Waals surface area contributed by atoms with Crippen LogP contribution in [-0.4, -0.2) is 40.6 Å². The van der Waals surface area contributed by atoms with E-state index in [1.54, 1.807) is 12.1 Å². The van der Waals surface area contributed by atoms with Gasteiger partial charge in [-0.1, -0.05) is 26.0 Å². The van der Waals surface area contributed by atoms with E-state index in [2.05, 4.69) is 13.8 Å². The van der Waals surface area contributed by atoms with Crippen LogP contribution in [-0.2, 0) is 16.1 Å². The number of likely N-dealkylation sites (tertiary alicyclic amines) is 2. The average Bonchev–Trinajstić information content (AvgIpc) is 2.86. The van der Waals surface area contributed by atoms with Crippen molar-refractivity contribution in [2.45, 2.75) is 39.7 Å². The maximum Gasteiger partial charge on any atom is 0.253 e. The molecule has 0 bridgehead atoms. The Kier molecular flexibility index (Phi) is 4.69. The molecule has 3 amide bonds. The lowest BCUT2D eigenvalue weighted by Gasteiger charge is -2.35. The van der Waals surface area contributed by atoms with Gasteiger partial charge in [0, 0.05) is 31.5 Å². The number of imide groups is 1. The SMILES string of the molecule is CC1CC(C)CN(C(=O)c2ccc(CN3C(=O)CCC3=O)cc2)C1. The van der Waals surface area contributed by atoms with Crippen LogP contribution in [0.2, 0.25) is 0 Å². The van der Waals surface area contributed by atoms with E-state index in [0.717, 1.165) is 18.7 Å². The molecule has 0 radical (unpaired) electrons. The maximum absolute atomic E-state index is 12.7. The van der Waals surface area contributed by atoms with Gasteiger partial charge in [0.25, 0.3) is 5.91 Å². The van der Waals surface area contributed by atoms with Crippen molar-refractivity contribution in [3.05, 3.63) is 35.4 Å². The summed E-state index contributed by atoms with van der Waals surface area (Å²) in [6.07, 6.45) is 1.78. The zero-order valence-corrected chi connectivity index (χ0v) is 14.3. The summed E-state index contributed by atoms with van der Waals surface area (Å²) in [5.74, 6) is 0.898. The van der Waals surface area contributed by atoms with E-state index in [4.69, 9.17) is 0 Å². The second kappa shape index (κ2) is 6.75. The Morgan fingerprint density at radius 1 is 1.00 bits per heavy atom. The third-order valence-corrected chi connectivity index (χ3v) is 4.85. The highest BCUT2D eigenvalue weighted by Gasteiger charge is 2.29. The van der Waals surface area contributed by atoms with Gasteiger partial charge in [0.2, 0.25) is 11.8 Å². The largest absolute Gasteiger partial charge is 0.338 e. The van der Waals surface area contributed by atoms with Crippen molar-refractivity contribution in [2.24, 2.45) is 11.8 Å². The molecule has 24 heavy (non-hydrogen) atoms. The molecule has 0 aliphatic carbocycles. The quantitative estimate of drug-likeness (QED) is 0.801. The summed E-state index contributed by atoms with van der Waals surface area (Å²) in [5, 5.41) is 0. The number of amides is 3. The van der Waals surface area contributed by atoms with Gasteiger partial charge in [-0.25, -0.2) is 0 Å². The van der Waals surface area contributed by atoms with Crippen LogP contribution in [0.4, 0.5) is 0 Å². The van der Waals surface area contributed by atoms with E-state index in [-0.39, 0.29) is 17.7 Å². The highest BCUT2D eigenvalue weighted by atomic mass is 16.2. The number of hydrogen-bond donors (Lipinski definition) is 0. The molecule has 2 heterocycles. The molecule has 5 nitrogen and oxygen atoms in total. The Labute approximate surface area is 142 Å².